The zero-order valence-corrected chi connectivity index (χ0v) is 11.2. The third-order valence-corrected chi connectivity index (χ3v) is 3.81. The first-order chi connectivity index (χ1) is 8.58. The van der Waals surface area contributed by atoms with Crippen LogP contribution in [-0.4, -0.2) is 4.98 Å². The Morgan fingerprint density at radius 3 is 2.83 bits per heavy atom. The Morgan fingerprint density at radius 1 is 1.33 bits per heavy atom. The molecule has 0 saturated heterocycles. The highest BCUT2D eigenvalue weighted by Crippen LogP contribution is 2.29. The van der Waals surface area contributed by atoms with E-state index in [0.29, 0.717) is 11.6 Å². The Labute approximate surface area is 110 Å². The lowest BCUT2D eigenvalue weighted by atomic mass is 10.1. The predicted octanol–water partition coefficient (Wildman–Crippen LogP) is 3.71. The highest BCUT2D eigenvalue weighted by molar-refractivity contribution is 7.98. The normalized spacial score (nSPS) is 10.6. The molecule has 0 unspecified atom stereocenters. The summed E-state index contributed by atoms with van der Waals surface area (Å²) in [5, 5.41) is 0. The maximum atomic E-state index is 13.7. The van der Waals surface area contributed by atoms with E-state index >= 15 is 0 Å². The van der Waals surface area contributed by atoms with E-state index in [1.807, 2.05) is 26.0 Å². The van der Waals surface area contributed by atoms with Crippen LogP contribution in [0.15, 0.2) is 35.4 Å². The number of aromatic nitrogens is 1. The van der Waals surface area contributed by atoms with Crippen LogP contribution in [0.4, 0.5) is 10.2 Å². The molecule has 1 aromatic carbocycles. The van der Waals surface area contributed by atoms with E-state index in [2.05, 4.69) is 4.98 Å². The smallest absolute Gasteiger partial charge is 0.137 e. The van der Waals surface area contributed by atoms with E-state index < -0.39 is 0 Å². The molecular formula is C14H15FN2S. The summed E-state index contributed by atoms with van der Waals surface area (Å²) in [5.41, 5.74) is 8.54. The number of benzene rings is 1. The number of halogens is 1. The highest BCUT2D eigenvalue weighted by atomic mass is 32.2. The van der Waals surface area contributed by atoms with Crippen LogP contribution in [0.3, 0.4) is 0 Å². The number of hydrogen-bond donors (Lipinski definition) is 1. The number of nitrogens with zero attached hydrogens (tertiary/aromatic N) is 1. The van der Waals surface area contributed by atoms with Crippen molar-refractivity contribution in [2.75, 3.05) is 5.73 Å². The summed E-state index contributed by atoms with van der Waals surface area (Å²) in [6.45, 7) is 3.88. The van der Waals surface area contributed by atoms with Gasteiger partial charge in [-0.3, -0.25) is 0 Å². The summed E-state index contributed by atoms with van der Waals surface area (Å²) in [6.07, 6.45) is 1.73. The Morgan fingerprint density at radius 2 is 2.11 bits per heavy atom. The summed E-state index contributed by atoms with van der Waals surface area (Å²) < 4.78 is 13.7. The Hall–Kier alpha value is -1.55. The van der Waals surface area contributed by atoms with Gasteiger partial charge in [-0.1, -0.05) is 12.1 Å². The number of pyridine rings is 1. The van der Waals surface area contributed by atoms with Crippen LogP contribution in [0, 0.1) is 19.7 Å². The second-order valence-electron chi connectivity index (χ2n) is 4.22. The van der Waals surface area contributed by atoms with Gasteiger partial charge in [-0.15, -0.1) is 11.8 Å². The molecule has 0 amide bonds. The molecule has 0 fully saturated rings. The maximum Gasteiger partial charge on any atom is 0.137 e. The molecule has 0 aliphatic heterocycles. The first kappa shape index (κ1) is 12.9. The van der Waals surface area contributed by atoms with Crippen LogP contribution in [-0.2, 0) is 5.75 Å². The van der Waals surface area contributed by atoms with Gasteiger partial charge in [0.1, 0.15) is 11.6 Å². The van der Waals surface area contributed by atoms with E-state index in [1.54, 1.807) is 12.3 Å². The number of rotatable bonds is 3. The Bertz CT molecular complexity index is 549. The van der Waals surface area contributed by atoms with Crippen molar-refractivity contribution in [3.63, 3.8) is 0 Å². The quantitative estimate of drug-likeness (QED) is 0.857. The third kappa shape index (κ3) is 2.82. The lowest BCUT2D eigenvalue weighted by Gasteiger charge is -2.08. The molecule has 2 nitrogen and oxygen atoms in total. The molecule has 1 aromatic heterocycles. The van der Waals surface area contributed by atoms with Gasteiger partial charge >= 0.3 is 0 Å². The molecule has 0 atom stereocenters. The van der Waals surface area contributed by atoms with Gasteiger partial charge in [0, 0.05) is 17.5 Å². The minimum Gasteiger partial charge on any atom is -0.383 e. The van der Waals surface area contributed by atoms with Crippen molar-refractivity contribution in [3.05, 3.63) is 53.0 Å². The highest BCUT2D eigenvalue weighted by Gasteiger charge is 2.08. The molecule has 2 N–H and O–H groups in total. The fourth-order valence-corrected chi connectivity index (χ4v) is 2.80. The van der Waals surface area contributed by atoms with Gasteiger partial charge < -0.3 is 5.73 Å². The SMILES string of the molecule is Cc1cnc(N)c(SCc2c(C)cccc2F)c1. The Balaban J connectivity index is 2.19. The van der Waals surface area contributed by atoms with Crippen molar-refractivity contribution in [1.82, 2.24) is 4.98 Å². The number of thioether (sulfide) groups is 1. The lowest BCUT2D eigenvalue weighted by Crippen LogP contribution is -1.96. The lowest BCUT2D eigenvalue weighted by molar-refractivity contribution is 0.615. The zero-order chi connectivity index (χ0) is 13.1. The summed E-state index contributed by atoms with van der Waals surface area (Å²) >= 11 is 1.52. The van der Waals surface area contributed by atoms with E-state index in [0.717, 1.165) is 21.6 Å². The number of aryl methyl sites for hydroxylation is 2. The van der Waals surface area contributed by atoms with Gasteiger partial charge in [0.2, 0.25) is 0 Å². The minimum absolute atomic E-state index is 0.165. The molecular weight excluding hydrogens is 247 g/mol. The summed E-state index contributed by atoms with van der Waals surface area (Å²) in [7, 11) is 0. The molecule has 18 heavy (non-hydrogen) atoms. The van der Waals surface area contributed by atoms with Crippen molar-refractivity contribution in [1.29, 1.82) is 0 Å². The first-order valence-electron chi connectivity index (χ1n) is 5.67. The molecule has 0 aliphatic rings. The number of hydrogen-bond acceptors (Lipinski definition) is 3. The molecule has 0 bridgehead atoms. The van der Waals surface area contributed by atoms with Crippen LogP contribution in [0.25, 0.3) is 0 Å². The van der Waals surface area contributed by atoms with Crippen molar-refractivity contribution >= 4 is 17.6 Å². The van der Waals surface area contributed by atoms with Crippen molar-refractivity contribution in [2.45, 2.75) is 24.5 Å². The molecule has 0 radical (unpaired) electrons. The molecule has 0 aliphatic carbocycles. The predicted molar refractivity (Wildman–Crippen MR) is 74.1 cm³/mol. The maximum absolute atomic E-state index is 13.7. The van der Waals surface area contributed by atoms with E-state index in [4.69, 9.17) is 5.73 Å². The van der Waals surface area contributed by atoms with Crippen LogP contribution >= 0.6 is 11.8 Å². The second-order valence-corrected chi connectivity index (χ2v) is 5.24. The molecule has 0 spiro atoms. The van der Waals surface area contributed by atoms with Crippen LogP contribution in [0.1, 0.15) is 16.7 Å². The van der Waals surface area contributed by atoms with Crippen LogP contribution < -0.4 is 5.73 Å². The largest absolute Gasteiger partial charge is 0.383 e. The van der Waals surface area contributed by atoms with Gasteiger partial charge in [0.25, 0.3) is 0 Å². The fraction of sp³-hybridized carbons (Fsp3) is 0.214. The summed E-state index contributed by atoms with van der Waals surface area (Å²) in [5.74, 6) is 0.898. The molecule has 1 heterocycles. The summed E-state index contributed by atoms with van der Waals surface area (Å²) in [4.78, 5) is 5.00. The van der Waals surface area contributed by atoms with Gasteiger partial charge in [-0.05, 0) is 37.1 Å². The van der Waals surface area contributed by atoms with Gasteiger partial charge in [-0.2, -0.15) is 0 Å². The average molecular weight is 262 g/mol. The molecule has 94 valence electrons. The average Bonchev–Trinajstić information content (AvgIpc) is 2.33. The number of nitrogens with two attached hydrogens (primary N) is 1. The topological polar surface area (TPSA) is 38.9 Å². The summed E-state index contributed by atoms with van der Waals surface area (Å²) in [6, 6.07) is 7.10. The third-order valence-electron chi connectivity index (χ3n) is 2.74. The van der Waals surface area contributed by atoms with Crippen molar-refractivity contribution in [3.8, 4) is 0 Å². The molecule has 2 aromatic rings. The standard InChI is InChI=1S/C14H15FN2S/c1-9-6-13(14(16)17-7-9)18-8-11-10(2)4-3-5-12(11)15/h3-7H,8H2,1-2H3,(H2,16,17). The van der Waals surface area contributed by atoms with Gasteiger partial charge in [0.05, 0.1) is 4.90 Å². The fourth-order valence-electron chi connectivity index (χ4n) is 1.67. The molecule has 4 heteroatoms. The van der Waals surface area contributed by atoms with E-state index in [1.165, 1.54) is 17.8 Å². The van der Waals surface area contributed by atoms with Gasteiger partial charge in [0.15, 0.2) is 0 Å². The van der Waals surface area contributed by atoms with E-state index in [-0.39, 0.29) is 5.82 Å². The zero-order valence-electron chi connectivity index (χ0n) is 10.4. The number of anilines is 1. The Kier molecular flexibility index (Phi) is 3.87. The van der Waals surface area contributed by atoms with Crippen LogP contribution in [0.2, 0.25) is 0 Å². The van der Waals surface area contributed by atoms with E-state index in [9.17, 15) is 4.39 Å². The van der Waals surface area contributed by atoms with Crippen LogP contribution in [0.5, 0.6) is 0 Å². The monoisotopic (exact) mass is 262 g/mol. The van der Waals surface area contributed by atoms with Crippen molar-refractivity contribution in [2.24, 2.45) is 0 Å². The van der Waals surface area contributed by atoms with Crippen molar-refractivity contribution < 1.29 is 4.39 Å². The molecule has 2 rings (SSSR count). The minimum atomic E-state index is -0.165. The second kappa shape index (κ2) is 5.40. The van der Waals surface area contributed by atoms with Gasteiger partial charge in [-0.25, -0.2) is 9.37 Å². The first-order valence-corrected chi connectivity index (χ1v) is 6.65. The number of nitrogen functional groups attached to an aromatic ring is 1. The molecule has 0 saturated carbocycles.